The average molecular weight is 150 g/mol. The van der Waals surface area contributed by atoms with E-state index in [1.807, 2.05) is 12.4 Å². The Morgan fingerprint density at radius 1 is 1.09 bits per heavy atom. The second-order valence-corrected chi connectivity index (χ2v) is 3.38. The van der Waals surface area contributed by atoms with Crippen molar-refractivity contribution < 1.29 is 0 Å². The van der Waals surface area contributed by atoms with Gasteiger partial charge >= 0.3 is 0 Å². The van der Waals surface area contributed by atoms with Crippen LogP contribution in [-0.2, 0) is 0 Å². The minimum absolute atomic E-state index is 0.0174. The molecule has 0 aromatic carbocycles. The van der Waals surface area contributed by atoms with E-state index in [1.165, 1.54) is 0 Å². The Morgan fingerprint density at radius 3 is 1.91 bits per heavy atom. The normalized spacial score (nSPS) is 20.7. The number of aliphatic imine (C=N–C) groups is 2. The largest absolute Gasteiger partial charge is 0.267 e. The van der Waals surface area contributed by atoms with Gasteiger partial charge in [-0.3, -0.25) is 9.98 Å². The summed E-state index contributed by atoms with van der Waals surface area (Å²) in [6.45, 7) is 6.48. The lowest BCUT2D eigenvalue weighted by Crippen LogP contribution is -2.26. The van der Waals surface area contributed by atoms with Crippen molar-refractivity contribution >= 4 is 12.4 Å². The van der Waals surface area contributed by atoms with Gasteiger partial charge in [-0.25, -0.2) is 0 Å². The summed E-state index contributed by atoms with van der Waals surface area (Å²) >= 11 is 0. The molecule has 2 nitrogen and oxygen atoms in total. The van der Waals surface area contributed by atoms with Crippen LogP contribution in [0.5, 0.6) is 0 Å². The highest BCUT2D eigenvalue weighted by atomic mass is 14.8. The summed E-state index contributed by atoms with van der Waals surface area (Å²) in [6, 6.07) is 0. The van der Waals surface area contributed by atoms with Crippen molar-refractivity contribution in [3.8, 4) is 0 Å². The summed E-state index contributed by atoms with van der Waals surface area (Å²) in [7, 11) is 0. The van der Waals surface area contributed by atoms with Crippen LogP contribution in [0.1, 0.15) is 20.8 Å². The van der Waals surface area contributed by atoms with Gasteiger partial charge in [0.15, 0.2) is 0 Å². The summed E-state index contributed by atoms with van der Waals surface area (Å²) in [5.41, 5.74) is 0.0174. The van der Waals surface area contributed by atoms with Crippen LogP contribution >= 0.6 is 0 Å². The zero-order valence-corrected chi connectivity index (χ0v) is 7.28. The van der Waals surface area contributed by atoms with E-state index in [2.05, 4.69) is 30.8 Å². The van der Waals surface area contributed by atoms with Gasteiger partial charge in [0.1, 0.15) is 0 Å². The van der Waals surface area contributed by atoms with E-state index in [4.69, 9.17) is 0 Å². The van der Waals surface area contributed by atoms with Gasteiger partial charge in [-0.05, 0) is 12.8 Å². The highest BCUT2D eigenvalue weighted by molar-refractivity contribution is 5.90. The molecule has 0 aromatic rings. The zero-order valence-electron chi connectivity index (χ0n) is 7.28. The second-order valence-electron chi connectivity index (χ2n) is 3.38. The molecular weight excluding hydrogens is 136 g/mol. The summed E-state index contributed by atoms with van der Waals surface area (Å²) < 4.78 is 0. The van der Waals surface area contributed by atoms with Gasteiger partial charge in [0.05, 0.1) is 0 Å². The van der Waals surface area contributed by atoms with Gasteiger partial charge in [0, 0.05) is 30.2 Å². The maximum absolute atomic E-state index is 4.11. The molecule has 0 spiro atoms. The molecule has 0 unspecified atom stereocenters. The van der Waals surface area contributed by atoms with E-state index in [0.717, 1.165) is 0 Å². The van der Waals surface area contributed by atoms with Gasteiger partial charge in [-0.1, -0.05) is 13.8 Å². The van der Waals surface area contributed by atoms with Crippen LogP contribution in [0.25, 0.3) is 0 Å². The van der Waals surface area contributed by atoms with Crippen molar-refractivity contribution in [2.45, 2.75) is 20.8 Å². The molecule has 11 heavy (non-hydrogen) atoms. The van der Waals surface area contributed by atoms with Crippen molar-refractivity contribution in [2.75, 3.05) is 0 Å². The molecule has 0 bridgehead atoms. The topological polar surface area (TPSA) is 24.7 Å². The third kappa shape index (κ3) is 1.76. The second kappa shape index (κ2) is 2.99. The Labute approximate surface area is 67.8 Å². The van der Waals surface area contributed by atoms with Crippen LogP contribution in [0.15, 0.2) is 22.4 Å². The molecular formula is C9H14N2. The summed E-state index contributed by atoms with van der Waals surface area (Å²) in [5.74, 6) is 0.537. The fourth-order valence-electron chi connectivity index (χ4n) is 0.816. The molecule has 0 aliphatic carbocycles. The smallest absolute Gasteiger partial charge is 0.0447 e. The van der Waals surface area contributed by atoms with E-state index < -0.39 is 0 Å². The zero-order chi connectivity index (χ0) is 8.32. The lowest BCUT2D eigenvalue weighted by molar-refractivity contribution is 0.464. The molecule has 0 N–H and O–H groups in total. The Kier molecular flexibility index (Phi) is 2.22. The minimum atomic E-state index is 0.0174. The molecule has 0 radical (unpaired) electrons. The molecule has 0 aromatic heterocycles. The molecule has 1 aliphatic rings. The number of nitrogens with zero attached hydrogens (tertiary/aromatic N) is 2. The van der Waals surface area contributed by atoms with E-state index in [0.29, 0.717) is 5.92 Å². The summed E-state index contributed by atoms with van der Waals surface area (Å²) in [4.78, 5) is 8.23. The van der Waals surface area contributed by atoms with Crippen LogP contribution in [0.4, 0.5) is 0 Å². The van der Waals surface area contributed by atoms with Gasteiger partial charge in [-0.2, -0.15) is 0 Å². The molecule has 1 rings (SSSR count). The maximum Gasteiger partial charge on any atom is 0.0447 e. The molecule has 0 amide bonds. The van der Waals surface area contributed by atoms with Crippen molar-refractivity contribution in [3.63, 3.8) is 0 Å². The average Bonchev–Trinajstić information content (AvgIpc) is 2.15. The minimum Gasteiger partial charge on any atom is -0.267 e. The lowest BCUT2D eigenvalue weighted by Gasteiger charge is -2.23. The summed E-state index contributed by atoms with van der Waals surface area (Å²) in [6.07, 6.45) is 7.32. The first-order valence-electron chi connectivity index (χ1n) is 3.89. The number of rotatable bonds is 1. The van der Waals surface area contributed by atoms with Crippen molar-refractivity contribution in [1.82, 2.24) is 0 Å². The van der Waals surface area contributed by atoms with E-state index in [-0.39, 0.29) is 5.41 Å². The highest BCUT2D eigenvalue weighted by Gasteiger charge is 2.23. The monoisotopic (exact) mass is 150 g/mol. The third-order valence-electron chi connectivity index (χ3n) is 2.19. The molecule has 1 heterocycles. The fourth-order valence-corrected chi connectivity index (χ4v) is 0.816. The van der Waals surface area contributed by atoms with Gasteiger partial charge in [0.25, 0.3) is 0 Å². The lowest BCUT2D eigenvalue weighted by atomic mass is 9.81. The fraction of sp³-hybridized carbons (Fsp3) is 0.556. The Hall–Kier alpha value is -0.920. The predicted molar refractivity (Wildman–Crippen MR) is 49.1 cm³/mol. The molecule has 0 saturated heterocycles. The van der Waals surface area contributed by atoms with E-state index in [9.17, 15) is 0 Å². The van der Waals surface area contributed by atoms with Crippen LogP contribution in [0.3, 0.4) is 0 Å². The molecule has 2 heteroatoms. The standard InChI is InChI=1S/C9H14N2/c1-8(2)9(3)6-10-4-5-11-7-9/h4-8H,1-3H3. The highest BCUT2D eigenvalue weighted by Crippen LogP contribution is 2.23. The Bertz CT molecular complexity index is 196. The van der Waals surface area contributed by atoms with E-state index in [1.54, 1.807) is 12.4 Å². The first-order valence-corrected chi connectivity index (χ1v) is 3.89. The SMILES string of the molecule is CC(C)C1(C)C=NC=CN=C1. The molecule has 60 valence electrons. The van der Waals surface area contributed by atoms with E-state index >= 15 is 0 Å². The molecule has 0 atom stereocenters. The number of hydrogen-bond donors (Lipinski definition) is 0. The predicted octanol–water partition coefficient (Wildman–Crippen LogP) is 2.28. The van der Waals surface area contributed by atoms with Crippen LogP contribution in [0, 0.1) is 11.3 Å². The first-order chi connectivity index (χ1) is 5.15. The maximum atomic E-state index is 4.11. The molecule has 0 saturated carbocycles. The van der Waals surface area contributed by atoms with Crippen molar-refractivity contribution in [2.24, 2.45) is 21.3 Å². The number of hydrogen-bond acceptors (Lipinski definition) is 2. The quantitative estimate of drug-likeness (QED) is 0.548. The molecule has 0 fully saturated rings. The summed E-state index contributed by atoms with van der Waals surface area (Å²) in [5, 5.41) is 0. The Morgan fingerprint density at radius 2 is 1.55 bits per heavy atom. The van der Waals surface area contributed by atoms with Crippen molar-refractivity contribution in [1.29, 1.82) is 0 Å². The van der Waals surface area contributed by atoms with Gasteiger partial charge in [0.2, 0.25) is 0 Å². The Balaban J connectivity index is 2.87. The van der Waals surface area contributed by atoms with Gasteiger partial charge < -0.3 is 0 Å². The van der Waals surface area contributed by atoms with Crippen LogP contribution in [-0.4, -0.2) is 12.4 Å². The third-order valence-corrected chi connectivity index (χ3v) is 2.19. The van der Waals surface area contributed by atoms with Crippen molar-refractivity contribution in [3.05, 3.63) is 12.4 Å². The molecule has 1 aliphatic heterocycles. The first kappa shape index (κ1) is 8.18. The van der Waals surface area contributed by atoms with Crippen LogP contribution < -0.4 is 0 Å². The van der Waals surface area contributed by atoms with Gasteiger partial charge in [-0.15, -0.1) is 0 Å². The van der Waals surface area contributed by atoms with Crippen LogP contribution in [0.2, 0.25) is 0 Å².